The molecule has 3 rings (SSSR count). The van der Waals surface area contributed by atoms with Crippen molar-refractivity contribution in [3.05, 3.63) is 47.4 Å². The zero-order chi connectivity index (χ0) is 19.2. The van der Waals surface area contributed by atoms with Crippen LogP contribution in [0.3, 0.4) is 0 Å². The summed E-state index contributed by atoms with van der Waals surface area (Å²) in [7, 11) is 0. The molecule has 0 atom stereocenters. The lowest BCUT2D eigenvalue weighted by molar-refractivity contribution is -0.136. The average molecular weight is 388 g/mol. The molecule has 142 valence electrons. The Labute approximate surface area is 163 Å². The van der Waals surface area contributed by atoms with E-state index in [0.29, 0.717) is 23.2 Å². The molecule has 1 fully saturated rings. The number of nitrogens with zero attached hydrogens (tertiary/aromatic N) is 3. The number of aryl methyl sites for hydroxylation is 1. The number of carbonyl (C=O) groups is 2. The van der Waals surface area contributed by atoms with Crippen molar-refractivity contribution in [1.29, 1.82) is 0 Å². The minimum Gasteiger partial charge on any atom is -0.355 e. The number of hydrogen-bond donors (Lipinski definition) is 2. The molecule has 1 saturated heterocycles. The van der Waals surface area contributed by atoms with Gasteiger partial charge in [-0.15, -0.1) is 0 Å². The third kappa shape index (κ3) is 5.17. The minimum absolute atomic E-state index is 0.337. The van der Waals surface area contributed by atoms with Crippen LogP contribution in [0.5, 0.6) is 0 Å². The van der Waals surface area contributed by atoms with Gasteiger partial charge in [0.1, 0.15) is 5.82 Å². The van der Waals surface area contributed by atoms with Crippen LogP contribution in [0, 0.1) is 12.8 Å². The number of benzene rings is 1. The van der Waals surface area contributed by atoms with Gasteiger partial charge in [-0.25, -0.2) is 4.98 Å². The summed E-state index contributed by atoms with van der Waals surface area (Å²) in [5, 5.41) is 5.83. The molecule has 27 heavy (non-hydrogen) atoms. The Balaban J connectivity index is 1.42. The maximum absolute atomic E-state index is 12.0. The van der Waals surface area contributed by atoms with Gasteiger partial charge in [-0.1, -0.05) is 17.7 Å². The van der Waals surface area contributed by atoms with Crippen molar-refractivity contribution < 1.29 is 9.59 Å². The minimum atomic E-state index is -0.688. The molecule has 1 aliphatic rings. The van der Waals surface area contributed by atoms with Crippen LogP contribution in [0.2, 0.25) is 5.02 Å². The summed E-state index contributed by atoms with van der Waals surface area (Å²) in [5.41, 5.74) is 1.41. The number of nitrogens with one attached hydrogen (secondary N) is 2. The van der Waals surface area contributed by atoms with E-state index in [0.717, 1.165) is 37.3 Å². The Bertz CT molecular complexity index is 807. The Morgan fingerprint density at radius 3 is 2.67 bits per heavy atom. The van der Waals surface area contributed by atoms with Gasteiger partial charge in [-0.3, -0.25) is 14.6 Å². The Morgan fingerprint density at radius 2 is 2.00 bits per heavy atom. The Hall–Kier alpha value is -2.67. The van der Waals surface area contributed by atoms with E-state index in [1.807, 2.05) is 6.92 Å². The number of hydrogen-bond acceptors (Lipinski definition) is 5. The summed E-state index contributed by atoms with van der Waals surface area (Å²) in [6.45, 7) is 4.06. The van der Waals surface area contributed by atoms with Gasteiger partial charge < -0.3 is 15.5 Å². The van der Waals surface area contributed by atoms with E-state index in [4.69, 9.17) is 11.6 Å². The standard InChI is InChI=1S/C19H22ClN5O2/c1-13-2-3-15(10-16(13)20)24-19(27)18(26)23-11-14-4-8-25(9-5-14)17-12-21-6-7-22-17/h2-3,6-7,10,12,14H,4-5,8-9,11H2,1H3,(H,23,26)(H,24,27). The van der Waals surface area contributed by atoms with Gasteiger partial charge in [-0.05, 0) is 43.4 Å². The zero-order valence-electron chi connectivity index (χ0n) is 15.1. The van der Waals surface area contributed by atoms with Crippen molar-refractivity contribution in [3.63, 3.8) is 0 Å². The summed E-state index contributed by atoms with van der Waals surface area (Å²) < 4.78 is 0. The van der Waals surface area contributed by atoms with Crippen molar-refractivity contribution in [2.24, 2.45) is 5.92 Å². The molecular weight excluding hydrogens is 366 g/mol. The van der Waals surface area contributed by atoms with Gasteiger partial charge >= 0.3 is 11.8 Å². The molecule has 0 radical (unpaired) electrons. The van der Waals surface area contributed by atoms with E-state index in [-0.39, 0.29) is 0 Å². The second kappa shape index (κ2) is 8.81. The summed E-state index contributed by atoms with van der Waals surface area (Å²) in [5.74, 6) is -0.116. The number of amides is 2. The SMILES string of the molecule is Cc1ccc(NC(=O)C(=O)NCC2CCN(c3cnccn3)CC2)cc1Cl. The fraction of sp³-hybridized carbons (Fsp3) is 0.368. The van der Waals surface area contributed by atoms with Crippen LogP contribution in [-0.2, 0) is 9.59 Å². The van der Waals surface area contributed by atoms with E-state index >= 15 is 0 Å². The monoisotopic (exact) mass is 387 g/mol. The fourth-order valence-electron chi connectivity index (χ4n) is 3.00. The lowest BCUT2D eigenvalue weighted by atomic mass is 9.97. The number of anilines is 2. The predicted octanol–water partition coefficient (Wildman–Crippen LogP) is 2.41. The van der Waals surface area contributed by atoms with Gasteiger partial charge in [0.15, 0.2) is 0 Å². The fourth-order valence-corrected chi connectivity index (χ4v) is 3.18. The van der Waals surface area contributed by atoms with Crippen LogP contribution in [0.4, 0.5) is 11.5 Å². The summed E-state index contributed by atoms with van der Waals surface area (Å²) in [4.78, 5) is 34.6. The van der Waals surface area contributed by atoms with Crippen LogP contribution in [0.15, 0.2) is 36.8 Å². The molecule has 0 unspecified atom stereocenters. The quantitative estimate of drug-likeness (QED) is 0.786. The Kier molecular flexibility index (Phi) is 6.24. The van der Waals surface area contributed by atoms with Gasteiger partial charge in [0.2, 0.25) is 0 Å². The first-order valence-electron chi connectivity index (χ1n) is 8.89. The maximum Gasteiger partial charge on any atom is 0.313 e. The largest absolute Gasteiger partial charge is 0.355 e. The highest BCUT2D eigenvalue weighted by molar-refractivity contribution is 6.39. The number of halogens is 1. The number of rotatable bonds is 4. The van der Waals surface area contributed by atoms with E-state index in [1.54, 1.807) is 36.8 Å². The second-order valence-electron chi connectivity index (χ2n) is 6.62. The molecular formula is C19H22ClN5O2. The van der Waals surface area contributed by atoms with Crippen LogP contribution < -0.4 is 15.5 Å². The molecule has 0 spiro atoms. The molecule has 2 heterocycles. The molecule has 7 nitrogen and oxygen atoms in total. The van der Waals surface area contributed by atoms with Crippen LogP contribution in [-0.4, -0.2) is 41.4 Å². The highest BCUT2D eigenvalue weighted by Crippen LogP contribution is 2.21. The van der Waals surface area contributed by atoms with E-state index < -0.39 is 11.8 Å². The predicted molar refractivity (Wildman–Crippen MR) is 105 cm³/mol. The molecule has 8 heteroatoms. The molecule has 0 bridgehead atoms. The Morgan fingerprint density at radius 1 is 1.22 bits per heavy atom. The van der Waals surface area contributed by atoms with Gasteiger partial charge in [0, 0.05) is 42.7 Å². The molecule has 1 aromatic carbocycles. The second-order valence-corrected chi connectivity index (χ2v) is 7.03. The van der Waals surface area contributed by atoms with Crippen LogP contribution in [0.1, 0.15) is 18.4 Å². The summed E-state index contributed by atoms with van der Waals surface area (Å²) in [6.07, 6.45) is 6.94. The normalized spacial score (nSPS) is 14.7. The van der Waals surface area contributed by atoms with E-state index in [1.165, 1.54) is 0 Å². The highest BCUT2D eigenvalue weighted by atomic mass is 35.5. The van der Waals surface area contributed by atoms with Crippen LogP contribution in [0.25, 0.3) is 0 Å². The number of carbonyl (C=O) groups excluding carboxylic acids is 2. The maximum atomic E-state index is 12.0. The summed E-state index contributed by atoms with van der Waals surface area (Å²) in [6, 6.07) is 5.14. The first kappa shape index (κ1) is 19.1. The van der Waals surface area contributed by atoms with Gasteiger partial charge in [0.25, 0.3) is 0 Å². The topological polar surface area (TPSA) is 87.2 Å². The van der Waals surface area contributed by atoms with Gasteiger partial charge in [0.05, 0.1) is 6.20 Å². The molecule has 2 amide bonds. The van der Waals surface area contributed by atoms with Crippen molar-refractivity contribution in [2.45, 2.75) is 19.8 Å². The first-order chi connectivity index (χ1) is 13.0. The molecule has 1 aliphatic heterocycles. The highest BCUT2D eigenvalue weighted by Gasteiger charge is 2.22. The molecule has 0 aliphatic carbocycles. The third-order valence-corrected chi connectivity index (χ3v) is 5.08. The molecule has 2 aromatic rings. The first-order valence-corrected chi connectivity index (χ1v) is 9.27. The lowest BCUT2D eigenvalue weighted by Gasteiger charge is -2.32. The third-order valence-electron chi connectivity index (χ3n) is 4.68. The molecule has 1 aromatic heterocycles. The average Bonchev–Trinajstić information content (AvgIpc) is 2.70. The van der Waals surface area contributed by atoms with E-state index in [9.17, 15) is 9.59 Å². The van der Waals surface area contributed by atoms with Crippen molar-refractivity contribution in [2.75, 3.05) is 29.9 Å². The molecule has 0 saturated carbocycles. The smallest absolute Gasteiger partial charge is 0.313 e. The van der Waals surface area contributed by atoms with Gasteiger partial charge in [-0.2, -0.15) is 0 Å². The lowest BCUT2D eigenvalue weighted by Crippen LogP contribution is -2.42. The van der Waals surface area contributed by atoms with Crippen molar-refractivity contribution in [1.82, 2.24) is 15.3 Å². The van der Waals surface area contributed by atoms with E-state index in [2.05, 4.69) is 25.5 Å². The zero-order valence-corrected chi connectivity index (χ0v) is 15.9. The van der Waals surface area contributed by atoms with Crippen LogP contribution >= 0.6 is 11.6 Å². The van der Waals surface area contributed by atoms with Crippen molar-refractivity contribution in [3.8, 4) is 0 Å². The number of aromatic nitrogens is 2. The summed E-state index contributed by atoms with van der Waals surface area (Å²) >= 11 is 6.03. The molecule has 2 N–H and O–H groups in total. The van der Waals surface area contributed by atoms with Crippen molar-refractivity contribution >= 4 is 34.9 Å². The number of piperidine rings is 1.